The Balaban J connectivity index is 1.43. The van der Waals surface area contributed by atoms with Gasteiger partial charge in [-0.05, 0) is 37.1 Å². The number of piperazine rings is 1. The molecule has 2 fully saturated rings. The molecule has 1 heterocycles. The largest absolute Gasteiger partial charge is 0.497 e. The van der Waals surface area contributed by atoms with Gasteiger partial charge >= 0.3 is 0 Å². The highest BCUT2D eigenvalue weighted by molar-refractivity contribution is 5.97. The van der Waals surface area contributed by atoms with Crippen LogP contribution < -0.4 is 15.0 Å². The molecular weight excluding hydrogens is 330 g/mol. The lowest BCUT2D eigenvalue weighted by atomic mass is 9.95. The number of anilines is 1. The van der Waals surface area contributed by atoms with Crippen molar-refractivity contribution >= 4 is 17.5 Å². The zero-order valence-electron chi connectivity index (χ0n) is 15.6. The topological polar surface area (TPSA) is 61.9 Å². The van der Waals surface area contributed by atoms with E-state index in [4.69, 9.17) is 4.74 Å². The Hall–Kier alpha value is -2.24. The molecule has 1 aliphatic heterocycles. The minimum Gasteiger partial charge on any atom is -0.497 e. The highest BCUT2D eigenvalue weighted by Gasteiger charge is 2.24. The van der Waals surface area contributed by atoms with Gasteiger partial charge in [-0.25, -0.2) is 0 Å². The molecular formula is C20H29N3O3. The third-order valence-electron chi connectivity index (χ3n) is 5.35. The Morgan fingerprint density at radius 3 is 2.31 bits per heavy atom. The maximum absolute atomic E-state index is 12.4. The van der Waals surface area contributed by atoms with Crippen molar-refractivity contribution < 1.29 is 14.3 Å². The molecule has 0 radical (unpaired) electrons. The van der Waals surface area contributed by atoms with E-state index in [0.717, 1.165) is 37.4 Å². The van der Waals surface area contributed by atoms with Gasteiger partial charge in [-0.2, -0.15) is 0 Å². The second-order valence-electron chi connectivity index (χ2n) is 7.15. The van der Waals surface area contributed by atoms with Crippen molar-refractivity contribution in [2.75, 3.05) is 38.2 Å². The van der Waals surface area contributed by atoms with Crippen molar-refractivity contribution in [3.8, 4) is 5.75 Å². The highest BCUT2D eigenvalue weighted by Crippen LogP contribution is 2.21. The Labute approximate surface area is 155 Å². The molecule has 1 aromatic carbocycles. The summed E-state index contributed by atoms with van der Waals surface area (Å²) in [5.41, 5.74) is 1.13. The van der Waals surface area contributed by atoms with Crippen LogP contribution in [-0.4, -0.2) is 56.0 Å². The average molecular weight is 359 g/mol. The predicted molar refractivity (Wildman–Crippen MR) is 101 cm³/mol. The molecule has 6 heteroatoms. The summed E-state index contributed by atoms with van der Waals surface area (Å²) in [6, 6.07) is 8.23. The van der Waals surface area contributed by atoms with Crippen LogP contribution >= 0.6 is 0 Å². The monoisotopic (exact) mass is 359 g/mol. The van der Waals surface area contributed by atoms with Crippen molar-refractivity contribution in [1.29, 1.82) is 0 Å². The molecule has 0 unspecified atom stereocenters. The molecule has 3 rings (SSSR count). The fourth-order valence-corrected chi connectivity index (χ4v) is 3.78. The number of carbonyl (C=O) groups is 2. The minimum absolute atomic E-state index is 0.0287. The second-order valence-corrected chi connectivity index (χ2v) is 7.15. The molecule has 2 amide bonds. The molecule has 0 spiro atoms. The molecule has 2 aliphatic rings. The molecule has 0 atom stereocenters. The fraction of sp³-hybridized carbons (Fsp3) is 0.600. The summed E-state index contributed by atoms with van der Waals surface area (Å²) in [6.07, 6.45) is 5.65. The van der Waals surface area contributed by atoms with Gasteiger partial charge in [0.25, 0.3) is 0 Å². The number of hydrogen-bond donors (Lipinski definition) is 1. The van der Waals surface area contributed by atoms with Gasteiger partial charge in [0.05, 0.1) is 7.11 Å². The molecule has 26 heavy (non-hydrogen) atoms. The first-order chi connectivity index (χ1) is 12.7. The van der Waals surface area contributed by atoms with Crippen LogP contribution in [0.15, 0.2) is 24.3 Å². The van der Waals surface area contributed by atoms with Crippen LogP contribution in [0.2, 0.25) is 0 Å². The van der Waals surface area contributed by atoms with E-state index < -0.39 is 0 Å². The van der Waals surface area contributed by atoms with Gasteiger partial charge in [0, 0.05) is 37.9 Å². The molecule has 1 N–H and O–H groups in total. The number of nitrogens with zero attached hydrogens (tertiary/aromatic N) is 2. The van der Waals surface area contributed by atoms with E-state index in [-0.39, 0.29) is 24.3 Å². The number of benzene rings is 1. The maximum Gasteiger partial charge on any atom is 0.232 e. The van der Waals surface area contributed by atoms with Crippen LogP contribution in [0.3, 0.4) is 0 Å². The number of hydrogen-bond acceptors (Lipinski definition) is 4. The Morgan fingerprint density at radius 1 is 1.04 bits per heavy atom. The van der Waals surface area contributed by atoms with E-state index in [2.05, 4.69) is 10.2 Å². The van der Waals surface area contributed by atoms with E-state index in [1.54, 1.807) is 12.0 Å². The van der Waals surface area contributed by atoms with Crippen molar-refractivity contribution in [2.45, 2.75) is 44.6 Å². The molecule has 0 aromatic heterocycles. The van der Waals surface area contributed by atoms with Gasteiger partial charge in [0.1, 0.15) is 12.2 Å². The minimum atomic E-state index is -0.125. The van der Waals surface area contributed by atoms with Crippen LogP contribution in [0.5, 0.6) is 5.75 Å². The van der Waals surface area contributed by atoms with E-state index in [1.807, 2.05) is 24.3 Å². The third-order valence-corrected chi connectivity index (χ3v) is 5.35. The van der Waals surface area contributed by atoms with Gasteiger partial charge in [-0.3, -0.25) is 9.59 Å². The molecule has 1 saturated carbocycles. The lowest BCUT2D eigenvalue weighted by Crippen LogP contribution is -2.50. The highest BCUT2D eigenvalue weighted by atomic mass is 16.5. The molecule has 6 nitrogen and oxygen atoms in total. The second kappa shape index (κ2) is 8.92. The first-order valence-corrected chi connectivity index (χ1v) is 9.62. The Morgan fingerprint density at radius 2 is 1.69 bits per heavy atom. The maximum atomic E-state index is 12.4. The smallest absolute Gasteiger partial charge is 0.232 e. The number of carbonyl (C=O) groups excluding carboxylic acids is 2. The number of methoxy groups -OCH3 is 1. The van der Waals surface area contributed by atoms with Gasteiger partial charge in [-0.15, -0.1) is 0 Å². The number of nitrogens with one attached hydrogen (secondary N) is 1. The summed E-state index contributed by atoms with van der Waals surface area (Å²) >= 11 is 0. The van der Waals surface area contributed by atoms with Gasteiger partial charge in [-0.1, -0.05) is 19.3 Å². The fourth-order valence-electron chi connectivity index (χ4n) is 3.78. The van der Waals surface area contributed by atoms with Crippen LogP contribution in [0, 0.1) is 0 Å². The van der Waals surface area contributed by atoms with Crippen molar-refractivity contribution in [1.82, 2.24) is 10.2 Å². The summed E-state index contributed by atoms with van der Waals surface area (Å²) in [6.45, 7) is 2.87. The van der Waals surface area contributed by atoms with Crippen LogP contribution in [0.25, 0.3) is 0 Å². The van der Waals surface area contributed by atoms with Crippen molar-refractivity contribution in [2.24, 2.45) is 0 Å². The molecule has 1 saturated heterocycles. The normalized spacial score (nSPS) is 18.5. The summed E-state index contributed by atoms with van der Waals surface area (Å²) in [5, 5.41) is 3.03. The quantitative estimate of drug-likeness (QED) is 0.819. The Kier molecular flexibility index (Phi) is 6.36. The van der Waals surface area contributed by atoms with Gasteiger partial charge < -0.3 is 19.9 Å². The first-order valence-electron chi connectivity index (χ1n) is 9.62. The number of ether oxygens (including phenoxy) is 1. The molecule has 1 aliphatic carbocycles. The lowest BCUT2D eigenvalue weighted by Gasteiger charge is -2.36. The van der Waals surface area contributed by atoms with Crippen molar-refractivity contribution in [3.05, 3.63) is 24.3 Å². The first kappa shape index (κ1) is 18.5. The average Bonchev–Trinajstić information content (AvgIpc) is 2.69. The zero-order valence-corrected chi connectivity index (χ0v) is 15.6. The van der Waals surface area contributed by atoms with Gasteiger partial charge in [0.2, 0.25) is 11.8 Å². The van der Waals surface area contributed by atoms with Gasteiger partial charge in [0.15, 0.2) is 0 Å². The summed E-state index contributed by atoms with van der Waals surface area (Å²) in [5.74, 6) is 0.652. The standard InChI is InChI=1S/C20H29N3O3/c1-26-18-9-7-17(8-10-18)22-11-13-23(14-12-22)20(25)15-19(24)21-16-5-3-2-4-6-16/h7-10,16H,2-6,11-15H2,1H3,(H,21,24). The SMILES string of the molecule is COc1ccc(N2CCN(C(=O)CC(=O)NC3CCCCC3)CC2)cc1. The number of rotatable bonds is 5. The lowest BCUT2D eigenvalue weighted by molar-refractivity contribution is -0.136. The van der Waals surface area contributed by atoms with E-state index in [9.17, 15) is 9.59 Å². The Bertz CT molecular complexity index is 603. The summed E-state index contributed by atoms with van der Waals surface area (Å²) in [4.78, 5) is 28.6. The molecule has 142 valence electrons. The number of amides is 2. The van der Waals surface area contributed by atoms with E-state index >= 15 is 0 Å². The molecule has 1 aromatic rings. The van der Waals surface area contributed by atoms with Crippen molar-refractivity contribution in [3.63, 3.8) is 0 Å². The predicted octanol–water partition coefficient (Wildman–Crippen LogP) is 2.18. The van der Waals surface area contributed by atoms with Crippen LogP contribution in [0.4, 0.5) is 5.69 Å². The van der Waals surface area contributed by atoms with Crippen LogP contribution in [0.1, 0.15) is 38.5 Å². The molecule has 0 bridgehead atoms. The summed E-state index contributed by atoms with van der Waals surface area (Å²) < 4.78 is 5.19. The van der Waals surface area contributed by atoms with Crippen LogP contribution in [-0.2, 0) is 9.59 Å². The summed E-state index contributed by atoms with van der Waals surface area (Å²) in [7, 11) is 1.66. The zero-order chi connectivity index (χ0) is 18.4. The van der Waals surface area contributed by atoms with E-state index in [0.29, 0.717) is 13.1 Å². The van der Waals surface area contributed by atoms with E-state index in [1.165, 1.54) is 19.3 Å². The third kappa shape index (κ3) is 4.90.